The van der Waals surface area contributed by atoms with Crippen LogP contribution in [0.3, 0.4) is 0 Å². The van der Waals surface area contributed by atoms with E-state index < -0.39 is 11.6 Å². The van der Waals surface area contributed by atoms with Gasteiger partial charge in [0, 0.05) is 24.7 Å². The highest BCUT2D eigenvalue weighted by atomic mass is 19.2. The molecule has 1 atom stereocenters. The van der Waals surface area contributed by atoms with Gasteiger partial charge in [-0.2, -0.15) is 0 Å². The van der Waals surface area contributed by atoms with Crippen molar-refractivity contribution in [1.82, 2.24) is 5.32 Å². The van der Waals surface area contributed by atoms with Crippen molar-refractivity contribution in [2.24, 2.45) is 5.73 Å². The van der Waals surface area contributed by atoms with E-state index in [2.05, 4.69) is 5.32 Å². The SMILES string of the molecule is NC1C=C(c2cccc(F)c2F)CNC1. The summed E-state index contributed by atoms with van der Waals surface area (Å²) >= 11 is 0. The molecule has 2 rings (SSSR count). The number of nitrogens with two attached hydrogens (primary N) is 1. The fourth-order valence-electron chi connectivity index (χ4n) is 1.69. The first-order chi connectivity index (χ1) is 7.18. The van der Waals surface area contributed by atoms with Crippen LogP contribution in [0.25, 0.3) is 5.57 Å². The van der Waals surface area contributed by atoms with Crippen LogP contribution in [0.2, 0.25) is 0 Å². The maximum atomic E-state index is 13.4. The van der Waals surface area contributed by atoms with Crippen molar-refractivity contribution in [3.05, 3.63) is 41.5 Å². The Morgan fingerprint density at radius 1 is 1.33 bits per heavy atom. The Labute approximate surface area is 86.8 Å². The summed E-state index contributed by atoms with van der Waals surface area (Å²) in [5, 5.41) is 3.05. The van der Waals surface area contributed by atoms with Crippen LogP contribution in [0.4, 0.5) is 8.78 Å². The molecule has 1 unspecified atom stereocenters. The fourth-order valence-corrected chi connectivity index (χ4v) is 1.69. The average Bonchev–Trinajstić information content (AvgIpc) is 2.22. The summed E-state index contributed by atoms with van der Waals surface area (Å²) in [6.45, 7) is 1.19. The normalized spacial score (nSPS) is 21.3. The molecular formula is C11H12F2N2. The zero-order valence-corrected chi connectivity index (χ0v) is 8.13. The first-order valence-electron chi connectivity index (χ1n) is 4.80. The number of halogens is 2. The Hall–Kier alpha value is -1.26. The van der Waals surface area contributed by atoms with Crippen molar-refractivity contribution in [3.8, 4) is 0 Å². The van der Waals surface area contributed by atoms with E-state index in [-0.39, 0.29) is 11.6 Å². The predicted molar refractivity (Wildman–Crippen MR) is 55.2 cm³/mol. The van der Waals surface area contributed by atoms with Crippen molar-refractivity contribution < 1.29 is 8.78 Å². The van der Waals surface area contributed by atoms with Crippen LogP contribution in [-0.2, 0) is 0 Å². The van der Waals surface area contributed by atoms with Gasteiger partial charge in [-0.25, -0.2) is 8.78 Å². The van der Waals surface area contributed by atoms with E-state index in [1.54, 1.807) is 12.1 Å². The van der Waals surface area contributed by atoms with E-state index in [0.29, 0.717) is 18.7 Å². The Bertz CT molecular complexity index is 402. The summed E-state index contributed by atoms with van der Waals surface area (Å²) in [6, 6.07) is 4.02. The van der Waals surface area contributed by atoms with Crippen LogP contribution in [0.1, 0.15) is 5.56 Å². The van der Waals surface area contributed by atoms with Crippen LogP contribution in [0, 0.1) is 11.6 Å². The molecule has 1 aliphatic rings. The van der Waals surface area contributed by atoms with Gasteiger partial charge in [0.2, 0.25) is 0 Å². The van der Waals surface area contributed by atoms with Crippen LogP contribution in [0.5, 0.6) is 0 Å². The Morgan fingerprint density at radius 2 is 2.13 bits per heavy atom. The summed E-state index contributed by atoms with van der Waals surface area (Å²) < 4.78 is 26.4. The number of hydrogen-bond donors (Lipinski definition) is 2. The minimum Gasteiger partial charge on any atom is -0.323 e. The molecule has 0 radical (unpaired) electrons. The van der Waals surface area contributed by atoms with Crippen LogP contribution in [-0.4, -0.2) is 19.1 Å². The zero-order chi connectivity index (χ0) is 10.8. The molecule has 0 bridgehead atoms. The Kier molecular flexibility index (Phi) is 2.79. The highest BCUT2D eigenvalue weighted by Crippen LogP contribution is 2.21. The topological polar surface area (TPSA) is 38.0 Å². The fraction of sp³-hybridized carbons (Fsp3) is 0.273. The first kappa shape index (κ1) is 10.3. The van der Waals surface area contributed by atoms with Gasteiger partial charge in [0.05, 0.1) is 0 Å². The second-order valence-corrected chi connectivity index (χ2v) is 3.59. The largest absolute Gasteiger partial charge is 0.323 e. The van der Waals surface area contributed by atoms with Crippen molar-refractivity contribution in [2.45, 2.75) is 6.04 Å². The van der Waals surface area contributed by atoms with Gasteiger partial charge in [-0.1, -0.05) is 18.2 Å². The van der Waals surface area contributed by atoms with Gasteiger partial charge in [0.1, 0.15) is 0 Å². The van der Waals surface area contributed by atoms with E-state index in [1.165, 1.54) is 6.07 Å². The number of benzene rings is 1. The van der Waals surface area contributed by atoms with Gasteiger partial charge in [-0.3, -0.25) is 0 Å². The molecule has 0 fully saturated rings. The van der Waals surface area contributed by atoms with Gasteiger partial charge in [0.25, 0.3) is 0 Å². The van der Waals surface area contributed by atoms with E-state index >= 15 is 0 Å². The maximum absolute atomic E-state index is 13.4. The van der Waals surface area contributed by atoms with Crippen LogP contribution in [0.15, 0.2) is 24.3 Å². The molecule has 0 spiro atoms. The second kappa shape index (κ2) is 4.08. The van der Waals surface area contributed by atoms with Crippen molar-refractivity contribution in [1.29, 1.82) is 0 Å². The van der Waals surface area contributed by atoms with Crippen molar-refractivity contribution >= 4 is 5.57 Å². The number of hydrogen-bond acceptors (Lipinski definition) is 2. The van der Waals surface area contributed by atoms with E-state index in [0.717, 1.165) is 6.07 Å². The molecule has 1 aliphatic heterocycles. The lowest BCUT2D eigenvalue weighted by Gasteiger charge is -2.19. The first-order valence-corrected chi connectivity index (χ1v) is 4.80. The summed E-state index contributed by atoms with van der Waals surface area (Å²) in [4.78, 5) is 0. The zero-order valence-electron chi connectivity index (χ0n) is 8.13. The molecule has 4 heteroatoms. The lowest BCUT2D eigenvalue weighted by Crippen LogP contribution is -2.37. The monoisotopic (exact) mass is 210 g/mol. The molecule has 1 aromatic carbocycles. The van der Waals surface area contributed by atoms with Gasteiger partial charge in [-0.15, -0.1) is 0 Å². The summed E-state index contributed by atoms with van der Waals surface area (Å²) in [6.07, 6.45) is 1.77. The molecule has 1 aromatic rings. The molecule has 0 amide bonds. The van der Waals surface area contributed by atoms with Crippen molar-refractivity contribution in [2.75, 3.05) is 13.1 Å². The molecule has 2 nitrogen and oxygen atoms in total. The van der Waals surface area contributed by atoms with Gasteiger partial charge in [-0.05, 0) is 11.6 Å². The lowest BCUT2D eigenvalue weighted by molar-refractivity contribution is 0.505. The molecule has 3 N–H and O–H groups in total. The minimum absolute atomic E-state index is 0.142. The Morgan fingerprint density at radius 3 is 2.87 bits per heavy atom. The maximum Gasteiger partial charge on any atom is 0.166 e. The Balaban J connectivity index is 2.41. The predicted octanol–water partition coefficient (Wildman–Crippen LogP) is 1.28. The summed E-state index contributed by atoms with van der Waals surface area (Å²) in [7, 11) is 0. The number of nitrogens with one attached hydrogen (secondary N) is 1. The van der Waals surface area contributed by atoms with E-state index in [9.17, 15) is 8.78 Å². The molecule has 0 aromatic heterocycles. The molecule has 0 saturated heterocycles. The quantitative estimate of drug-likeness (QED) is 0.732. The summed E-state index contributed by atoms with van der Waals surface area (Å²) in [5.41, 5.74) is 6.70. The smallest absolute Gasteiger partial charge is 0.166 e. The number of rotatable bonds is 1. The highest BCUT2D eigenvalue weighted by Gasteiger charge is 2.15. The minimum atomic E-state index is -0.826. The average molecular weight is 210 g/mol. The molecule has 0 saturated carbocycles. The third kappa shape index (κ3) is 2.06. The third-order valence-electron chi connectivity index (χ3n) is 2.41. The van der Waals surface area contributed by atoms with Gasteiger partial charge >= 0.3 is 0 Å². The van der Waals surface area contributed by atoms with Crippen LogP contribution < -0.4 is 11.1 Å². The van der Waals surface area contributed by atoms with Gasteiger partial charge < -0.3 is 11.1 Å². The highest BCUT2D eigenvalue weighted by molar-refractivity contribution is 5.68. The molecular weight excluding hydrogens is 198 g/mol. The van der Waals surface area contributed by atoms with Crippen LogP contribution >= 0.6 is 0 Å². The second-order valence-electron chi connectivity index (χ2n) is 3.59. The van der Waals surface area contributed by atoms with E-state index in [4.69, 9.17) is 5.73 Å². The molecule has 1 heterocycles. The van der Waals surface area contributed by atoms with Gasteiger partial charge in [0.15, 0.2) is 11.6 Å². The molecule has 80 valence electrons. The molecule has 0 aliphatic carbocycles. The lowest BCUT2D eigenvalue weighted by atomic mass is 10.00. The van der Waals surface area contributed by atoms with Crippen molar-refractivity contribution in [3.63, 3.8) is 0 Å². The van der Waals surface area contributed by atoms with E-state index in [1.807, 2.05) is 0 Å². The third-order valence-corrected chi connectivity index (χ3v) is 2.41. The molecule has 15 heavy (non-hydrogen) atoms. The standard InChI is InChI=1S/C11H12F2N2/c12-10-3-1-2-9(11(10)13)7-4-8(14)6-15-5-7/h1-4,8,15H,5-6,14H2. The summed E-state index contributed by atoms with van der Waals surface area (Å²) in [5.74, 6) is -1.63.